The fraction of sp³-hybridized carbons (Fsp3) is 0.500. The third-order valence-corrected chi connectivity index (χ3v) is 10.6. The van der Waals surface area contributed by atoms with E-state index in [9.17, 15) is 24.9 Å². The van der Waals surface area contributed by atoms with Crippen LogP contribution in [0.3, 0.4) is 0 Å². The number of aliphatic hydroxyl groups excluding tert-OH is 3. The molecule has 254 valence electrons. The maximum atomic E-state index is 14.3. The van der Waals surface area contributed by atoms with Gasteiger partial charge in [-0.15, -0.1) is 0 Å². The molecule has 1 atom stereocenters. The number of hydrogen-bond acceptors (Lipinski definition) is 5. The first kappa shape index (κ1) is 36.3. The molecule has 3 aromatic rings. The monoisotopic (exact) mass is 642 g/mol. The molecule has 0 saturated heterocycles. The number of amides is 2. The van der Waals surface area contributed by atoms with Crippen molar-refractivity contribution in [3.63, 3.8) is 0 Å². The fourth-order valence-electron chi connectivity index (χ4n) is 7.88. The van der Waals surface area contributed by atoms with Crippen molar-refractivity contribution in [1.29, 1.82) is 0 Å². The number of aryl methyl sites for hydroxylation is 1. The van der Waals surface area contributed by atoms with E-state index in [2.05, 4.69) is 20.8 Å². The van der Waals surface area contributed by atoms with Gasteiger partial charge in [0, 0.05) is 29.8 Å². The van der Waals surface area contributed by atoms with E-state index in [1.165, 1.54) is 0 Å². The summed E-state index contributed by atoms with van der Waals surface area (Å²) in [6, 6.07) is 25.0. The van der Waals surface area contributed by atoms with Crippen LogP contribution in [0.25, 0.3) is 0 Å². The normalized spacial score (nSPS) is 14.9. The van der Waals surface area contributed by atoms with Gasteiger partial charge < -0.3 is 25.1 Å². The van der Waals surface area contributed by atoms with Gasteiger partial charge in [0.1, 0.15) is 0 Å². The molecule has 0 aliphatic heterocycles. The van der Waals surface area contributed by atoms with E-state index in [0.29, 0.717) is 43.4 Å². The maximum absolute atomic E-state index is 14.3. The van der Waals surface area contributed by atoms with Crippen molar-refractivity contribution in [2.45, 2.75) is 102 Å². The van der Waals surface area contributed by atoms with Crippen LogP contribution in [0.2, 0.25) is 0 Å². The van der Waals surface area contributed by atoms with Gasteiger partial charge in [-0.25, -0.2) is 0 Å². The van der Waals surface area contributed by atoms with Gasteiger partial charge in [-0.05, 0) is 80.2 Å². The number of carbonyl (C=O) groups excluding carboxylic acids is 2. The van der Waals surface area contributed by atoms with Crippen LogP contribution in [-0.2, 0) is 18.4 Å². The van der Waals surface area contributed by atoms with Gasteiger partial charge in [0.25, 0.3) is 11.8 Å². The molecule has 0 radical (unpaired) electrons. The van der Waals surface area contributed by atoms with E-state index in [4.69, 9.17) is 0 Å². The molecule has 7 nitrogen and oxygen atoms in total. The molecule has 2 amide bonds. The van der Waals surface area contributed by atoms with E-state index in [1.807, 2.05) is 83.8 Å². The topological polar surface area (TPSA) is 101 Å². The highest BCUT2D eigenvalue weighted by Gasteiger charge is 2.41. The van der Waals surface area contributed by atoms with E-state index in [1.54, 1.807) is 4.90 Å². The van der Waals surface area contributed by atoms with Crippen LogP contribution in [0, 0.1) is 0 Å². The Morgan fingerprint density at radius 2 is 1.32 bits per heavy atom. The fourth-order valence-corrected chi connectivity index (χ4v) is 7.88. The van der Waals surface area contributed by atoms with Crippen LogP contribution in [-0.4, -0.2) is 74.9 Å². The highest BCUT2D eigenvalue weighted by atomic mass is 16.3. The van der Waals surface area contributed by atoms with Gasteiger partial charge in [0.05, 0.1) is 24.9 Å². The zero-order chi connectivity index (χ0) is 33.9. The van der Waals surface area contributed by atoms with Gasteiger partial charge in [0.2, 0.25) is 0 Å². The lowest BCUT2D eigenvalue weighted by Gasteiger charge is -2.44. The zero-order valence-corrected chi connectivity index (χ0v) is 28.5. The minimum absolute atomic E-state index is 0.0541. The lowest BCUT2D eigenvalue weighted by atomic mass is 9.82. The number of β-amino-alcohol motifs (C(OH)–C–C–N with tert-alkyl or cyclic N) is 1. The number of aliphatic hydroxyl groups is 3. The number of rotatable bonds is 17. The standard InChI is InChI=1S/C40H54N2O5/c1-4-39(24-14-15-25-39)41(26-28-43)37(46)35-20-12-10-16-31(35)22-23-34(45)30-32-17-11-13-21-36(32)38(47)42(27-29-44)40(5-2,6-3)33-18-8-7-9-19-33/h7-13,16-21,34,43-45H,4-6,14-15,22-30H2,1-3H3. The maximum Gasteiger partial charge on any atom is 0.254 e. The van der Waals surface area contributed by atoms with Crippen molar-refractivity contribution in [3.8, 4) is 0 Å². The molecule has 7 heteroatoms. The lowest BCUT2D eigenvalue weighted by molar-refractivity contribution is 0.0350. The summed E-state index contributed by atoms with van der Waals surface area (Å²) in [6.45, 7) is 6.55. The molecule has 1 fully saturated rings. The summed E-state index contributed by atoms with van der Waals surface area (Å²) < 4.78 is 0. The largest absolute Gasteiger partial charge is 0.395 e. The molecular formula is C40H54N2O5. The van der Waals surface area contributed by atoms with Crippen LogP contribution < -0.4 is 0 Å². The van der Waals surface area contributed by atoms with Gasteiger partial charge in [-0.3, -0.25) is 9.59 Å². The van der Waals surface area contributed by atoms with E-state index < -0.39 is 11.6 Å². The molecule has 0 spiro atoms. The number of benzene rings is 3. The smallest absolute Gasteiger partial charge is 0.254 e. The zero-order valence-electron chi connectivity index (χ0n) is 28.5. The van der Waals surface area contributed by atoms with Crippen molar-refractivity contribution >= 4 is 11.8 Å². The van der Waals surface area contributed by atoms with Crippen LogP contribution in [0.15, 0.2) is 78.9 Å². The molecular weight excluding hydrogens is 588 g/mol. The molecule has 4 rings (SSSR count). The summed E-state index contributed by atoms with van der Waals surface area (Å²) in [5.74, 6) is -0.215. The molecule has 1 saturated carbocycles. The van der Waals surface area contributed by atoms with Crippen molar-refractivity contribution < 1.29 is 24.9 Å². The summed E-state index contributed by atoms with van der Waals surface area (Å²) in [6.07, 6.45) is 6.79. The predicted molar refractivity (Wildman–Crippen MR) is 187 cm³/mol. The molecule has 47 heavy (non-hydrogen) atoms. The van der Waals surface area contributed by atoms with Gasteiger partial charge in [0.15, 0.2) is 0 Å². The Hall–Kier alpha value is -3.52. The second kappa shape index (κ2) is 17.0. The van der Waals surface area contributed by atoms with Crippen LogP contribution >= 0.6 is 0 Å². The summed E-state index contributed by atoms with van der Waals surface area (Å²) in [7, 11) is 0. The Balaban J connectivity index is 1.54. The first-order chi connectivity index (χ1) is 22.8. The highest BCUT2D eigenvalue weighted by molar-refractivity contribution is 5.97. The van der Waals surface area contributed by atoms with Crippen molar-refractivity contribution in [2.75, 3.05) is 26.3 Å². The minimum atomic E-state index is -0.736. The Morgan fingerprint density at radius 1 is 0.766 bits per heavy atom. The van der Waals surface area contributed by atoms with Crippen molar-refractivity contribution in [1.82, 2.24) is 9.80 Å². The lowest BCUT2D eigenvalue weighted by Crippen LogP contribution is -2.51. The van der Waals surface area contributed by atoms with Crippen molar-refractivity contribution in [3.05, 3.63) is 107 Å². The number of carbonyl (C=O) groups is 2. The number of nitrogens with zero attached hydrogens (tertiary/aromatic N) is 2. The van der Waals surface area contributed by atoms with Gasteiger partial charge in [-0.1, -0.05) is 100 Å². The second-order valence-corrected chi connectivity index (χ2v) is 13.0. The van der Waals surface area contributed by atoms with Crippen LogP contribution in [0.4, 0.5) is 0 Å². The molecule has 1 unspecified atom stereocenters. The highest BCUT2D eigenvalue weighted by Crippen LogP contribution is 2.39. The Kier molecular flexibility index (Phi) is 13.2. The molecule has 1 aliphatic carbocycles. The van der Waals surface area contributed by atoms with Gasteiger partial charge >= 0.3 is 0 Å². The summed E-state index contributed by atoms with van der Waals surface area (Å²) in [5, 5.41) is 31.3. The van der Waals surface area contributed by atoms with E-state index >= 15 is 0 Å². The summed E-state index contributed by atoms with van der Waals surface area (Å²) >= 11 is 0. The van der Waals surface area contributed by atoms with Crippen LogP contribution in [0.1, 0.15) is 110 Å². The van der Waals surface area contributed by atoms with Crippen molar-refractivity contribution in [2.24, 2.45) is 0 Å². The molecule has 3 N–H and O–H groups in total. The Labute approximate surface area is 281 Å². The quantitative estimate of drug-likeness (QED) is 0.156. The Morgan fingerprint density at radius 3 is 1.89 bits per heavy atom. The summed E-state index contributed by atoms with van der Waals surface area (Å²) in [4.78, 5) is 32.0. The third kappa shape index (κ3) is 7.97. The molecule has 0 bridgehead atoms. The SMILES string of the molecule is CCC1(N(CCO)C(=O)c2ccccc2CCC(O)Cc2ccccc2C(=O)N(CCO)C(CC)(CC)c2ccccc2)CCCC1. The number of hydrogen-bond donors (Lipinski definition) is 3. The van der Waals surface area contributed by atoms with Gasteiger partial charge in [-0.2, -0.15) is 0 Å². The minimum Gasteiger partial charge on any atom is -0.395 e. The first-order valence-corrected chi connectivity index (χ1v) is 17.6. The molecule has 0 aromatic heterocycles. The van der Waals surface area contributed by atoms with Crippen LogP contribution in [0.5, 0.6) is 0 Å². The van der Waals surface area contributed by atoms with E-state index in [-0.39, 0.29) is 43.5 Å². The average molecular weight is 643 g/mol. The third-order valence-electron chi connectivity index (χ3n) is 10.6. The first-order valence-electron chi connectivity index (χ1n) is 17.6. The average Bonchev–Trinajstić information content (AvgIpc) is 3.60. The Bertz CT molecular complexity index is 1430. The molecule has 0 heterocycles. The predicted octanol–water partition coefficient (Wildman–Crippen LogP) is 6.53. The molecule has 3 aromatic carbocycles. The van der Waals surface area contributed by atoms with E-state index in [0.717, 1.165) is 48.8 Å². The summed E-state index contributed by atoms with van der Waals surface area (Å²) in [5.41, 5.74) is 3.01. The second-order valence-electron chi connectivity index (χ2n) is 13.0. The molecule has 1 aliphatic rings.